The molecule has 0 saturated heterocycles. The molecular formula is C17H22N6O3S. The highest BCUT2D eigenvalue weighted by atomic mass is 32.2. The van der Waals surface area contributed by atoms with Gasteiger partial charge in [-0.05, 0) is 18.6 Å². The van der Waals surface area contributed by atoms with E-state index < -0.39 is 0 Å². The first-order valence-corrected chi connectivity index (χ1v) is 9.58. The molecule has 0 atom stereocenters. The lowest BCUT2D eigenvalue weighted by Crippen LogP contribution is -2.15. The summed E-state index contributed by atoms with van der Waals surface area (Å²) in [7, 11) is 1.61. The molecule has 0 saturated carbocycles. The SMILES string of the molecule is CCCCc1noc(CSc2nnc(COc3cccc(OC)c3)n2N)n1. The van der Waals surface area contributed by atoms with Crippen LogP contribution >= 0.6 is 11.8 Å². The predicted molar refractivity (Wildman–Crippen MR) is 100.0 cm³/mol. The molecule has 9 nitrogen and oxygen atoms in total. The number of nitrogen functional groups attached to an aromatic ring is 1. The van der Waals surface area contributed by atoms with Crippen molar-refractivity contribution in [2.45, 2.75) is 43.7 Å². The van der Waals surface area contributed by atoms with Gasteiger partial charge in [-0.3, -0.25) is 0 Å². The van der Waals surface area contributed by atoms with Crippen LogP contribution in [0.5, 0.6) is 11.5 Å². The van der Waals surface area contributed by atoms with Crippen molar-refractivity contribution in [1.82, 2.24) is 25.0 Å². The number of aryl methyl sites for hydroxylation is 1. The molecule has 0 aliphatic heterocycles. The van der Waals surface area contributed by atoms with Crippen LogP contribution in [-0.2, 0) is 18.8 Å². The third kappa shape index (κ3) is 5.13. The lowest BCUT2D eigenvalue weighted by atomic mass is 10.2. The molecule has 0 aliphatic carbocycles. The van der Waals surface area contributed by atoms with Crippen LogP contribution in [-0.4, -0.2) is 32.1 Å². The van der Waals surface area contributed by atoms with Gasteiger partial charge in [-0.15, -0.1) is 10.2 Å². The van der Waals surface area contributed by atoms with E-state index in [1.165, 1.54) is 16.4 Å². The van der Waals surface area contributed by atoms with Crippen molar-refractivity contribution in [2.24, 2.45) is 0 Å². The number of methoxy groups -OCH3 is 1. The predicted octanol–water partition coefficient (Wildman–Crippen LogP) is 2.60. The molecule has 0 fully saturated rings. The molecule has 3 rings (SSSR count). The van der Waals surface area contributed by atoms with Gasteiger partial charge < -0.3 is 19.8 Å². The van der Waals surface area contributed by atoms with E-state index in [1.807, 2.05) is 18.2 Å². The van der Waals surface area contributed by atoms with Gasteiger partial charge in [0, 0.05) is 12.5 Å². The van der Waals surface area contributed by atoms with Crippen molar-refractivity contribution in [3.8, 4) is 11.5 Å². The Labute approximate surface area is 161 Å². The molecule has 2 heterocycles. The minimum Gasteiger partial charge on any atom is -0.497 e. The monoisotopic (exact) mass is 390 g/mol. The fourth-order valence-electron chi connectivity index (χ4n) is 2.25. The van der Waals surface area contributed by atoms with Gasteiger partial charge in [0.05, 0.1) is 12.9 Å². The lowest BCUT2D eigenvalue weighted by Gasteiger charge is -2.07. The van der Waals surface area contributed by atoms with Crippen molar-refractivity contribution in [1.29, 1.82) is 0 Å². The van der Waals surface area contributed by atoms with E-state index in [9.17, 15) is 0 Å². The number of unbranched alkanes of at least 4 members (excludes halogenated alkanes) is 1. The lowest BCUT2D eigenvalue weighted by molar-refractivity contribution is 0.289. The molecule has 0 unspecified atom stereocenters. The molecule has 0 radical (unpaired) electrons. The van der Waals surface area contributed by atoms with Crippen molar-refractivity contribution in [3.05, 3.63) is 41.8 Å². The summed E-state index contributed by atoms with van der Waals surface area (Å²) in [4.78, 5) is 4.36. The van der Waals surface area contributed by atoms with Gasteiger partial charge in [0.25, 0.3) is 0 Å². The van der Waals surface area contributed by atoms with Gasteiger partial charge in [-0.1, -0.05) is 36.3 Å². The van der Waals surface area contributed by atoms with Crippen LogP contribution in [0.2, 0.25) is 0 Å². The van der Waals surface area contributed by atoms with Gasteiger partial charge in [0.15, 0.2) is 11.6 Å². The number of nitrogens with zero attached hydrogens (tertiary/aromatic N) is 5. The summed E-state index contributed by atoms with van der Waals surface area (Å²) >= 11 is 1.38. The smallest absolute Gasteiger partial charge is 0.237 e. The summed E-state index contributed by atoms with van der Waals surface area (Å²) in [6, 6.07) is 7.32. The number of thioether (sulfide) groups is 1. The van der Waals surface area contributed by atoms with Crippen LogP contribution in [0.3, 0.4) is 0 Å². The number of hydrogen-bond acceptors (Lipinski definition) is 9. The quantitative estimate of drug-likeness (QED) is 0.412. The topological polar surface area (TPSA) is 114 Å². The van der Waals surface area contributed by atoms with E-state index in [4.69, 9.17) is 19.8 Å². The fourth-order valence-corrected chi connectivity index (χ4v) is 2.97. The van der Waals surface area contributed by atoms with Gasteiger partial charge >= 0.3 is 0 Å². The first-order chi connectivity index (χ1) is 13.2. The number of nitrogens with two attached hydrogens (primary N) is 1. The van der Waals surface area contributed by atoms with Gasteiger partial charge in [0.2, 0.25) is 11.0 Å². The number of rotatable bonds is 10. The minimum absolute atomic E-state index is 0.193. The average Bonchev–Trinajstić information content (AvgIpc) is 3.29. The highest BCUT2D eigenvalue weighted by Crippen LogP contribution is 2.22. The Morgan fingerprint density at radius 3 is 2.93 bits per heavy atom. The molecule has 0 spiro atoms. The zero-order chi connectivity index (χ0) is 19.1. The third-order valence-corrected chi connectivity index (χ3v) is 4.66. The molecule has 10 heteroatoms. The Hall–Kier alpha value is -2.75. The second kappa shape index (κ2) is 9.26. The van der Waals surface area contributed by atoms with Crippen LogP contribution in [0, 0.1) is 0 Å². The Morgan fingerprint density at radius 2 is 2.11 bits per heavy atom. The summed E-state index contributed by atoms with van der Waals surface area (Å²) in [6.07, 6.45) is 2.96. The number of hydrogen-bond donors (Lipinski definition) is 1. The summed E-state index contributed by atoms with van der Waals surface area (Å²) in [5.74, 6) is 9.70. The molecule has 2 N–H and O–H groups in total. The summed E-state index contributed by atoms with van der Waals surface area (Å²) < 4.78 is 17.5. The maximum Gasteiger partial charge on any atom is 0.237 e. The Bertz CT molecular complexity index is 866. The van der Waals surface area contributed by atoms with Crippen LogP contribution in [0.15, 0.2) is 33.9 Å². The maximum atomic E-state index is 6.06. The summed E-state index contributed by atoms with van der Waals surface area (Å²) in [5.41, 5.74) is 0. The fraction of sp³-hybridized carbons (Fsp3) is 0.412. The van der Waals surface area contributed by atoms with Gasteiger partial charge in [0.1, 0.15) is 18.1 Å². The minimum atomic E-state index is 0.193. The molecule has 2 aromatic heterocycles. The van der Waals surface area contributed by atoms with E-state index in [1.54, 1.807) is 13.2 Å². The molecule has 3 aromatic rings. The highest BCUT2D eigenvalue weighted by molar-refractivity contribution is 7.98. The molecule has 0 aliphatic rings. The van der Waals surface area contributed by atoms with Crippen LogP contribution < -0.4 is 15.3 Å². The normalized spacial score (nSPS) is 10.9. The molecule has 0 amide bonds. The number of benzene rings is 1. The second-order valence-corrected chi connectivity index (χ2v) is 6.68. The van der Waals surface area contributed by atoms with Crippen LogP contribution in [0.4, 0.5) is 0 Å². The Kier molecular flexibility index (Phi) is 6.53. The van der Waals surface area contributed by atoms with E-state index in [2.05, 4.69) is 27.3 Å². The average molecular weight is 390 g/mol. The Morgan fingerprint density at radius 1 is 1.26 bits per heavy atom. The number of aromatic nitrogens is 5. The van der Waals surface area contributed by atoms with Gasteiger partial charge in [-0.2, -0.15) is 4.98 Å². The van der Waals surface area contributed by atoms with E-state index in [-0.39, 0.29) is 6.61 Å². The largest absolute Gasteiger partial charge is 0.497 e. The second-order valence-electron chi connectivity index (χ2n) is 5.73. The first-order valence-electron chi connectivity index (χ1n) is 8.60. The van der Waals surface area contributed by atoms with Gasteiger partial charge in [-0.25, -0.2) is 4.68 Å². The van der Waals surface area contributed by atoms with Crippen LogP contribution in [0.25, 0.3) is 0 Å². The van der Waals surface area contributed by atoms with Crippen molar-refractivity contribution in [3.63, 3.8) is 0 Å². The zero-order valence-electron chi connectivity index (χ0n) is 15.3. The molecular weight excluding hydrogens is 368 g/mol. The van der Waals surface area contributed by atoms with E-state index in [0.29, 0.717) is 28.4 Å². The van der Waals surface area contributed by atoms with E-state index in [0.717, 1.165) is 30.8 Å². The molecule has 144 valence electrons. The standard InChI is InChI=1S/C17H22N6O3S/c1-3-4-8-14-19-16(26-22-14)11-27-17-21-20-15(23(17)18)10-25-13-7-5-6-12(9-13)24-2/h5-7,9H,3-4,8,10-11,18H2,1-2H3. The zero-order valence-corrected chi connectivity index (χ0v) is 16.1. The Balaban J connectivity index is 1.54. The highest BCUT2D eigenvalue weighted by Gasteiger charge is 2.13. The third-order valence-electron chi connectivity index (χ3n) is 3.73. The maximum absolute atomic E-state index is 6.06. The van der Waals surface area contributed by atoms with Crippen molar-refractivity contribution in [2.75, 3.05) is 13.0 Å². The van der Waals surface area contributed by atoms with E-state index >= 15 is 0 Å². The van der Waals surface area contributed by atoms with Crippen molar-refractivity contribution >= 4 is 11.8 Å². The molecule has 27 heavy (non-hydrogen) atoms. The van der Waals surface area contributed by atoms with Crippen LogP contribution in [0.1, 0.15) is 37.3 Å². The molecule has 0 bridgehead atoms. The number of ether oxygens (including phenoxy) is 2. The summed E-state index contributed by atoms with van der Waals surface area (Å²) in [5, 5.41) is 12.7. The molecule has 1 aromatic carbocycles. The van der Waals surface area contributed by atoms with Crippen molar-refractivity contribution < 1.29 is 14.0 Å². The first kappa shape index (κ1) is 19.0. The summed E-state index contributed by atoms with van der Waals surface area (Å²) in [6.45, 7) is 2.32.